The lowest BCUT2D eigenvalue weighted by Gasteiger charge is -2.18. The van der Waals surface area contributed by atoms with Crippen LogP contribution in [0.4, 0.5) is 0 Å². The smallest absolute Gasteiger partial charge is 0.306 e. The number of esters is 1. The zero-order valence-electron chi connectivity index (χ0n) is 10.1. The van der Waals surface area contributed by atoms with E-state index in [4.69, 9.17) is 4.84 Å². The molecule has 0 aromatic carbocycles. The summed E-state index contributed by atoms with van der Waals surface area (Å²) in [5.41, 5.74) is -0.614. The molecule has 0 aliphatic heterocycles. The minimum atomic E-state index is -3.60. The standard InChI is InChI=1S/C9H19NO5S/c1-5-14-8(11)6-7-16(12,13)10-15-9(2,3)4/h10H,5-7H2,1-4H3. The maximum atomic E-state index is 11.3. The van der Waals surface area contributed by atoms with Gasteiger partial charge >= 0.3 is 5.97 Å². The molecule has 0 spiro atoms. The average molecular weight is 253 g/mol. The van der Waals surface area contributed by atoms with E-state index in [1.807, 2.05) is 4.89 Å². The second kappa shape index (κ2) is 6.17. The van der Waals surface area contributed by atoms with E-state index < -0.39 is 21.6 Å². The molecule has 0 bridgehead atoms. The number of sulfonamides is 1. The van der Waals surface area contributed by atoms with E-state index in [1.165, 1.54) is 0 Å². The van der Waals surface area contributed by atoms with Crippen molar-refractivity contribution in [2.75, 3.05) is 12.4 Å². The van der Waals surface area contributed by atoms with Crippen molar-refractivity contribution in [1.82, 2.24) is 4.89 Å². The van der Waals surface area contributed by atoms with E-state index in [2.05, 4.69) is 4.74 Å². The predicted molar refractivity (Wildman–Crippen MR) is 59.0 cm³/mol. The number of carbonyl (C=O) groups excluding carboxylic acids is 1. The minimum absolute atomic E-state index is 0.184. The van der Waals surface area contributed by atoms with Gasteiger partial charge in [-0.2, -0.15) is 0 Å². The van der Waals surface area contributed by atoms with Gasteiger partial charge in [-0.1, -0.05) is 4.89 Å². The summed E-state index contributed by atoms with van der Waals surface area (Å²) in [6, 6.07) is 0. The quantitative estimate of drug-likeness (QED) is 0.553. The maximum absolute atomic E-state index is 11.3. The van der Waals surface area contributed by atoms with Crippen molar-refractivity contribution >= 4 is 16.0 Å². The third kappa shape index (κ3) is 8.63. The van der Waals surface area contributed by atoms with Crippen LogP contribution >= 0.6 is 0 Å². The van der Waals surface area contributed by atoms with Gasteiger partial charge < -0.3 is 4.74 Å². The second-order valence-electron chi connectivity index (χ2n) is 4.17. The zero-order chi connectivity index (χ0) is 12.8. The van der Waals surface area contributed by atoms with Gasteiger partial charge in [0, 0.05) is 0 Å². The van der Waals surface area contributed by atoms with Crippen molar-refractivity contribution in [1.29, 1.82) is 0 Å². The first-order chi connectivity index (χ1) is 7.16. The molecular weight excluding hydrogens is 234 g/mol. The molecular formula is C9H19NO5S. The lowest BCUT2D eigenvalue weighted by molar-refractivity contribution is -0.142. The molecule has 0 aliphatic carbocycles. The first kappa shape index (κ1) is 15.3. The molecule has 0 unspecified atom stereocenters. The van der Waals surface area contributed by atoms with Gasteiger partial charge in [-0.05, 0) is 27.7 Å². The van der Waals surface area contributed by atoms with Crippen molar-refractivity contribution in [3.05, 3.63) is 0 Å². The second-order valence-corrected chi connectivity index (χ2v) is 5.98. The molecule has 0 aromatic rings. The van der Waals surface area contributed by atoms with Gasteiger partial charge in [0.1, 0.15) is 0 Å². The summed E-state index contributed by atoms with van der Waals surface area (Å²) in [7, 11) is -3.60. The van der Waals surface area contributed by atoms with Crippen LogP contribution in [0.25, 0.3) is 0 Å². The highest BCUT2D eigenvalue weighted by Gasteiger charge is 2.18. The van der Waals surface area contributed by atoms with Crippen LogP contribution in [0.1, 0.15) is 34.1 Å². The lowest BCUT2D eigenvalue weighted by atomic mass is 10.2. The molecule has 6 nitrogen and oxygen atoms in total. The fourth-order valence-electron chi connectivity index (χ4n) is 0.681. The van der Waals surface area contributed by atoms with Crippen LogP contribution in [0.3, 0.4) is 0 Å². The molecule has 7 heteroatoms. The van der Waals surface area contributed by atoms with Crippen LogP contribution in [0.2, 0.25) is 0 Å². The van der Waals surface area contributed by atoms with Crippen LogP contribution in [-0.4, -0.2) is 32.3 Å². The Morgan fingerprint density at radius 1 is 1.31 bits per heavy atom. The van der Waals surface area contributed by atoms with Gasteiger partial charge in [0.05, 0.1) is 24.4 Å². The summed E-state index contributed by atoms with van der Waals surface area (Å²) in [4.78, 5) is 17.8. The topological polar surface area (TPSA) is 81.7 Å². The third-order valence-corrected chi connectivity index (χ3v) is 2.43. The van der Waals surface area contributed by atoms with Crippen molar-refractivity contribution in [2.45, 2.75) is 39.7 Å². The van der Waals surface area contributed by atoms with Gasteiger partial charge in [0.2, 0.25) is 10.0 Å². The van der Waals surface area contributed by atoms with Crippen molar-refractivity contribution in [3.8, 4) is 0 Å². The highest BCUT2D eigenvalue weighted by molar-refractivity contribution is 7.89. The Morgan fingerprint density at radius 3 is 2.31 bits per heavy atom. The lowest BCUT2D eigenvalue weighted by Crippen LogP contribution is -2.35. The SMILES string of the molecule is CCOC(=O)CCS(=O)(=O)NOC(C)(C)C. The van der Waals surface area contributed by atoms with Crippen molar-refractivity contribution in [2.24, 2.45) is 0 Å². The van der Waals surface area contributed by atoms with Crippen LogP contribution in [-0.2, 0) is 24.4 Å². The fraction of sp³-hybridized carbons (Fsp3) is 0.889. The third-order valence-electron chi connectivity index (χ3n) is 1.36. The Balaban J connectivity index is 4.02. The highest BCUT2D eigenvalue weighted by Crippen LogP contribution is 2.05. The van der Waals surface area contributed by atoms with Crippen molar-refractivity contribution < 1.29 is 22.8 Å². The minimum Gasteiger partial charge on any atom is -0.466 e. The van der Waals surface area contributed by atoms with Crippen LogP contribution in [0.15, 0.2) is 0 Å². The summed E-state index contributed by atoms with van der Waals surface area (Å²) >= 11 is 0. The first-order valence-corrected chi connectivity index (χ1v) is 6.64. The van der Waals surface area contributed by atoms with Gasteiger partial charge in [-0.25, -0.2) is 8.42 Å². The van der Waals surface area contributed by atoms with Crippen molar-refractivity contribution in [3.63, 3.8) is 0 Å². The summed E-state index contributed by atoms with van der Waals surface area (Å²) in [6.07, 6.45) is -0.184. The van der Waals surface area contributed by atoms with Crippen LogP contribution in [0.5, 0.6) is 0 Å². The first-order valence-electron chi connectivity index (χ1n) is 4.99. The van der Waals surface area contributed by atoms with E-state index in [0.29, 0.717) is 0 Å². The molecule has 0 aliphatic rings. The van der Waals surface area contributed by atoms with Gasteiger partial charge in [0.15, 0.2) is 0 Å². The number of nitrogens with one attached hydrogen (secondary N) is 1. The van der Waals surface area contributed by atoms with E-state index in [0.717, 1.165) is 0 Å². The van der Waals surface area contributed by atoms with Crippen LogP contribution in [0, 0.1) is 0 Å². The molecule has 0 saturated carbocycles. The molecule has 0 aromatic heterocycles. The number of hydrogen-bond acceptors (Lipinski definition) is 5. The molecule has 0 saturated heterocycles. The molecule has 96 valence electrons. The number of carbonyl (C=O) groups is 1. The molecule has 0 radical (unpaired) electrons. The van der Waals surface area contributed by atoms with Crippen LogP contribution < -0.4 is 4.89 Å². The Hall–Kier alpha value is -0.660. The molecule has 0 rings (SSSR count). The molecule has 0 atom stereocenters. The zero-order valence-corrected chi connectivity index (χ0v) is 10.9. The Labute approximate surface area is 96.3 Å². The van der Waals surface area contributed by atoms with E-state index >= 15 is 0 Å². The molecule has 0 heterocycles. The summed E-state index contributed by atoms with van der Waals surface area (Å²) < 4.78 is 27.3. The predicted octanol–water partition coefficient (Wildman–Crippen LogP) is 0.589. The molecule has 1 N–H and O–H groups in total. The Bertz CT molecular complexity index is 317. The monoisotopic (exact) mass is 253 g/mol. The molecule has 0 amide bonds. The fourth-order valence-corrected chi connectivity index (χ4v) is 1.58. The highest BCUT2D eigenvalue weighted by atomic mass is 32.2. The maximum Gasteiger partial charge on any atom is 0.306 e. The number of hydrogen-bond donors (Lipinski definition) is 1. The van der Waals surface area contributed by atoms with Gasteiger partial charge in [0.25, 0.3) is 0 Å². The van der Waals surface area contributed by atoms with E-state index in [9.17, 15) is 13.2 Å². The Kier molecular flexibility index (Phi) is 5.91. The largest absolute Gasteiger partial charge is 0.466 e. The van der Waals surface area contributed by atoms with E-state index in [-0.39, 0.29) is 18.8 Å². The number of rotatable bonds is 6. The average Bonchev–Trinajstić information content (AvgIpc) is 2.12. The molecule has 0 fully saturated rings. The molecule has 16 heavy (non-hydrogen) atoms. The number of ether oxygens (including phenoxy) is 1. The van der Waals surface area contributed by atoms with E-state index in [1.54, 1.807) is 27.7 Å². The van der Waals surface area contributed by atoms with Gasteiger partial charge in [-0.3, -0.25) is 9.63 Å². The Morgan fingerprint density at radius 2 is 1.88 bits per heavy atom. The van der Waals surface area contributed by atoms with Gasteiger partial charge in [-0.15, -0.1) is 0 Å². The summed E-state index contributed by atoms with van der Waals surface area (Å²) in [6.45, 7) is 7.03. The normalized spacial score (nSPS) is 12.5. The summed E-state index contributed by atoms with van der Waals surface area (Å²) in [5, 5.41) is 0. The summed E-state index contributed by atoms with van der Waals surface area (Å²) in [5.74, 6) is -0.884.